The monoisotopic (exact) mass is 241 g/mol. The van der Waals surface area contributed by atoms with Crippen molar-refractivity contribution in [2.75, 3.05) is 26.7 Å². The van der Waals surface area contributed by atoms with Crippen molar-refractivity contribution in [3.8, 4) is 0 Å². The topological polar surface area (TPSA) is 44.4 Å². The van der Waals surface area contributed by atoms with E-state index >= 15 is 0 Å². The summed E-state index contributed by atoms with van der Waals surface area (Å²) < 4.78 is 0. The van der Waals surface area contributed by atoms with Crippen molar-refractivity contribution >= 4 is 5.91 Å². The highest BCUT2D eigenvalue weighted by atomic mass is 16.2. The number of carbonyl (C=O) groups excluding carboxylic acids is 1. The number of likely N-dealkylation sites (N-methyl/N-ethyl adjacent to an activating group) is 1. The number of nitrogens with one attached hydrogen (secondary N) is 2. The van der Waals surface area contributed by atoms with Gasteiger partial charge in [-0.2, -0.15) is 0 Å². The van der Waals surface area contributed by atoms with Crippen LogP contribution in [0.15, 0.2) is 0 Å². The second-order valence-corrected chi connectivity index (χ2v) is 5.49. The van der Waals surface area contributed by atoms with Crippen LogP contribution in [0.3, 0.4) is 0 Å². The third kappa shape index (κ3) is 5.04. The van der Waals surface area contributed by atoms with Gasteiger partial charge in [-0.1, -0.05) is 6.92 Å². The minimum atomic E-state index is 0.126. The molecule has 2 N–H and O–H groups in total. The smallest absolute Gasteiger partial charge is 0.234 e. The molecule has 4 nitrogen and oxygen atoms in total. The Morgan fingerprint density at radius 2 is 2.24 bits per heavy atom. The standard InChI is InChI=1S/C13H27N3O/c1-10(2)16(4)9-13(17)15-8-12-11(3)6-5-7-14-12/h10-12,14H,5-9H2,1-4H3,(H,15,17)/t11-,12-/m1/s1. The summed E-state index contributed by atoms with van der Waals surface area (Å²) in [5, 5.41) is 6.50. The zero-order chi connectivity index (χ0) is 12.8. The molecule has 0 aromatic carbocycles. The minimum Gasteiger partial charge on any atom is -0.353 e. The maximum absolute atomic E-state index is 11.7. The summed E-state index contributed by atoms with van der Waals surface area (Å²) in [6.45, 7) is 8.76. The van der Waals surface area contributed by atoms with Gasteiger partial charge < -0.3 is 10.6 Å². The van der Waals surface area contributed by atoms with Gasteiger partial charge in [0.2, 0.25) is 5.91 Å². The van der Waals surface area contributed by atoms with Crippen molar-refractivity contribution in [1.29, 1.82) is 0 Å². The van der Waals surface area contributed by atoms with Crippen LogP contribution in [-0.2, 0) is 4.79 Å². The van der Waals surface area contributed by atoms with E-state index < -0.39 is 0 Å². The summed E-state index contributed by atoms with van der Waals surface area (Å²) in [5.74, 6) is 0.785. The van der Waals surface area contributed by atoms with Gasteiger partial charge in [0.05, 0.1) is 6.54 Å². The molecule has 0 aliphatic carbocycles. The van der Waals surface area contributed by atoms with Crippen LogP contribution in [0.25, 0.3) is 0 Å². The second-order valence-electron chi connectivity index (χ2n) is 5.49. The molecule has 1 fully saturated rings. The molecule has 1 aliphatic heterocycles. The van der Waals surface area contributed by atoms with Crippen LogP contribution in [0.2, 0.25) is 0 Å². The summed E-state index contributed by atoms with van der Waals surface area (Å²) >= 11 is 0. The lowest BCUT2D eigenvalue weighted by Gasteiger charge is -2.30. The van der Waals surface area contributed by atoms with Crippen molar-refractivity contribution in [3.63, 3.8) is 0 Å². The predicted molar refractivity (Wildman–Crippen MR) is 71.0 cm³/mol. The number of amides is 1. The van der Waals surface area contributed by atoms with E-state index in [-0.39, 0.29) is 5.91 Å². The molecule has 0 bridgehead atoms. The highest BCUT2D eigenvalue weighted by Crippen LogP contribution is 2.14. The Bertz CT molecular complexity index is 243. The van der Waals surface area contributed by atoms with E-state index in [2.05, 4.69) is 31.4 Å². The fourth-order valence-electron chi connectivity index (χ4n) is 2.08. The van der Waals surface area contributed by atoms with E-state index in [4.69, 9.17) is 0 Å². The molecule has 1 rings (SSSR count). The van der Waals surface area contributed by atoms with E-state index in [1.807, 2.05) is 11.9 Å². The molecule has 4 heteroatoms. The van der Waals surface area contributed by atoms with Crippen molar-refractivity contribution in [2.45, 2.75) is 45.7 Å². The molecule has 0 saturated carbocycles. The lowest BCUT2D eigenvalue weighted by molar-refractivity contribution is -0.122. The van der Waals surface area contributed by atoms with Crippen LogP contribution >= 0.6 is 0 Å². The van der Waals surface area contributed by atoms with Crippen LogP contribution in [0.1, 0.15) is 33.6 Å². The van der Waals surface area contributed by atoms with Crippen molar-refractivity contribution < 1.29 is 4.79 Å². The first kappa shape index (κ1) is 14.5. The highest BCUT2D eigenvalue weighted by Gasteiger charge is 2.21. The Morgan fingerprint density at radius 3 is 2.82 bits per heavy atom. The largest absolute Gasteiger partial charge is 0.353 e. The molecule has 100 valence electrons. The number of hydrogen-bond acceptors (Lipinski definition) is 3. The Labute approximate surface area is 105 Å². The molecule has 1 amide bonds. The van der Waals surface area contributed by atoms with Crippen molar-refractivity contribution in [2.24, 2.45) is 5.92 Å². The molecule has 0 radical (unpaired) electrons. The van der Waals surface area contributed by atoms with Crippen molar-refractivity contribution in [3.05, 3.63) is 0 Å². The Kier molecular flexibility index (Phi) is 5.92. The normalized spacial score (nSPS) is 25.3. The third-order valence-electron chi connectivity index (χ3n) is 3.72. The zero-order valence-electron chi connectivity index (χ0n) is 11.6. The fraction of sp³-hybridized carbons (Fsp3) is 0.923. The van der Waals surface area contributed by atoms with Crippen molar-refractivity contribution in [1.82, 2.24) is 15.5 Å². The number of piperidine rings is 1. The molecule has 0 unspecified atom stereocenters. The van der Waals surface area contributed by atoms with E-state index in [1.165, 1.54) is 12.8 Å². The van der Waals surface area contributed by atoms with Gasteiger partial charge >= 0.3 is 0 Å². The van der Waals surface area contributed by atoms with Crippen LogP contribution in [0, 0.1) is 5.92 Å². The Morgan fingerprint density at radius 1 is 1.53 bits per heavy atom. The molecule has 0 aromatic heterocycles. The van der Waals surface area contributed by atoms with Gasteiger partial charge in [0.25, 0.3) is 0 Å². The number of nitrogens with zero attached hydrogens (tertiary/aromatic N) is 1. The first-order chi connectivity index (χ1) is 8.00. The minimum absolute atomic E-state index is 0.126. The molecular formula is C13H27N3O. The van der Waals surface area contributed by atoms with Crippen LogP contribution in [-0.4, -0.2) is 49.6 Å². The molecule has 1 aliphatic rings. The van der Waals surface area contributed by atoms with Gasteiger partial charge in [0, 0.05) is 18.6 Å². The van der Waals surface area contributed by atoms with E-state index in [9.17, 15) is 4.79 Å². The average molecular weight is 241 g/mol. The number of rotatable bonds is 5. The van der Waals surface area contributed by atoms with E-state index in [0.717, 1.165) is 13.1 Å². The fourth-order valence-corrected chi connectivity index (χ4v) is 2.08. The summed E-state index contributed by atoms with van der Waals surface area (Å²) in [6, 6.07) is 0.851. The number of hydrogen-bond donors (Lipinski definition) is 2. The van der Waals surface area contributed by atoms with Gasteiger partial charge in [0.15, 0.2) is 0 Å². The summed E-state index contributed by atoms with van der Waals surface area (Å²) in [5.41, 5.74) is 0. The van der Waals surface area contributed by atoms with Gasteiger partial charge in [0.1, 0.15) is 0 Å². The molecule has 1 heterocycles. The maximum Gasteiger partial charge on any atom is 0.234 e. The molecule has 0 spiro atoms. The maximum atomic E-state index is 11.7. The summed E-state index contributed by atoms with van der Waals surface area (Å²) in [4.78, 5) is 13.8. The first-order valence-corrected chi connectivity index (χ1v) is 6.71. The van der Waals surface area contributed by atoms with E-state index in [1.54, 1.807) is 0 Å². The predicted octanol–water partition coefficient (Wildman–Crippen LogP) is 0.831. The molecule has 17 heavy (non-hydrogen) atoms. The third-order valence-corrected chi connectivity index (χ3v) is 3.72. The summed E-state index contributed by atoms with van der Waals surface area (Å²) in [6.07, 6.45) is 2.52. The quantitative estimate of drug-likeness (QED) is 0.749. The van der Waals surface area contributed by atoms with Gasteiger partial charge in [-0.05, 0) is 46.2 Å². The Balaban J connectivity index is 2.23. The van der Waals surface area contributed by atoms with Crippen LogP contribution in [0.4, 0.5) is 0 Å². The molecule has 2 atom stereocenters. The van der Waals surface area contributed by atoms with E-state index in [0.29, 0.717) is 24.5 Å². The Hall–Kier alpha value is -0.610. The molecule has 0 aromatic rings. The lowest BCUT2D eigenvalue weighted by Crippen LogP contribution is -2.49. The molecule has 1 saturated heterocycles. The van der Waals surface area contributed by atoms with Crippen LogP contribution in [0.5, 0.6) is 0 Å². The van der Waals surface area contributed by atoms with Crippen LogP contribution < -0.4 is 10.6 Å². The van der Waals surface area contributed by atoms with Gasteiger partial charge in [-0.25, -0.2) is 0 Å². The first-order valence-electron chi connectivity index (χ1n) is 6.71. The average Bonchev–Trinajstić information content (AvgIpc) is 2.27. The lowest BCUT2D eigenvalue weighted by atomic mass is 9.93. The number of carbonyl (C=O) groups is 1. The summed E-state index contributed by atoms with van der Waals surface area (Å²) in [7, 11) is 1.98. The highest BCUT2D eigenvalue weighted by molar-refractivity contribution is 5.78. The van der Waals surface area contributed by atoms with Gasteiger partial charge in [-0.15, -0.1) is 0 Å². The zero-order valence-corrected chi connectivity index (χ0v) is 11.6. The SMILES string of the molecule is CC(C)N(C)CC(=O)NC[C@H]1NCCC[C@H]1C. The second kappa shape index (κ2) is 6.97. The van der Waals surface area contributed by atoms with Gasteiger partial charge in [-0.3, -0.25) is 9.69 Å². The molecular weight excluding hydrogens is 214 g/mol.